The fraction of sp³-hybridized carbons (Fsp3) is 0.500. The van der Waals surface area contributed by atoms with E-state index in [1.54, 1.807) is 6.20 Å². The molecule has 2 aliphatic heterocycles. The summed E-state index contributed by atoms with van der Waals surface area (Å²) in [5, 5.41) is 10.5. The lowest BCUT2D eigenvalue weighted by Gasteiger charge is -2.26. The van der Waals surface area contributed by atoms with E-state index in [1.165, 1.54) is 23.1 Å². The summed E-state index contributed by atoms with van der Waals surface area (Å²) < 4.78 is 13.3. The van der Waals surface area contributed by atoms with E-state index in [4.69, 9.17) is 15.2 Å². The third-order valence-corrected chi connectivity index (χ3v) is 7.60. The molecule has 11 heteroatoms. The standard InChI is InChI=1S/C20H24N6O3S2/c21-16-14-4-1-5-22-19(14)31-17(16)18-23-24-20(26(18)11-13-3-2-8-29-13)30-12-15(27)25-6-9-28-10-7-25/h1,4-5,13H,2-3,6-12,21H2. The zero-order valence-corrected chi connectivity index (χ0v) is 18.7. The average molecular weight is 461 g/mol. The van der Waals surface area contributed by atoms with Crippen LogP contribution >= 0.6 is 23.1 Å². The van der Waals surface area contributed by atoms with E-state index in [9.17, 15) is 4.79 Å². The highest BCUT2D eigenvalue weighted by molar-refractivity contribution is 7.99. The number of anilines is 1. The number of nitrogens with two attached hydrogens (primary N) is 1. The summed E-state index contributed by atoms with van der Waals surface area (Å²) in [7, 11) is 0. The van der Waals surface area contributed by atoms with Gasteiger partial charge in [0.1, 0.15) is 4.83 Å². The number of thioether (sulfide) groups is 1. The number of hydrogen-bond acceptors (Lipinski definition) is 9. The molecule has 164 valence electrons. The molecule has 3 aromatic heterocycles. The van der Waals surface area contributed by atoms with Crippen molar-refractivity contribution in [3.05, 3.63) is 18.3 Å². The molecule has 2 aliphatic rings. The second-order valence-corrected chi connectivity index (χ2v) is 9.48. The van der Waals surface area contributed by atoms with Crippen LogP contribution in [-0.4, -0.2) is 75.3 Å². The lowest BCUT2D eigenvalue weighted by molar-refractivity contribution is -0.132. The minimum atomic E-state index is 0.0899. The van der Waals surface area contributed by atoms with Crippen LogP contribution in [0.15, 0.2) is 23.5 Å². The molecule has 2 saturated heterocycles. The van der Waals surface area contributed by atoms with Crippen LogP contribution in [0.5, 0.6) is 0 Å². The van der Waals surface area contributed by atoms with E-state index in [0.717, 1.165) is 34.5 Å². The van der Waals surface area contributed by atoms with E-state index in [-0.39, 0.29) is 12.0 Å². The van der Waals surface area contributed by atoms with Crippen molar-refractivity contribution in [2.75, 3.05) is 44.4 Å². The van der Waals surface area contributed by atoms with Gasteiger partial charge < -0.3 is 20.1 Å². The van der Waals surface area contributed by atoms with Gasteiger partial charge in [-0.25, -0.2) is 4.98 Å². The third kappa shape index (κ3) is 4.27. The predicted octanol–water partition coefficient (Wildman–Crippen LogP) is 2.27. The Morgan fingerprint density at radius 3 is 2.94 bits per heavy atom. The number of amides is 1. The SMILES string of the molecule is Nc1c(-c2nnc(SCC(=O)N3CCOCC3)n2CC2CCCO2)sc2ncccc12. The Bertz CT molecular complexity index is 1070. The normalized spacial score (nSPS) is 19.4. The topological polar surface area (TPSA) is 108 Å². The van der Waals surface area contributed by atoms with Crippen molar-refractivity contribution in [1.29, 1.82) is 0 Å². The summed E-state index contributed by atoms with van der Waals surface area (Å²) in [6, 6.07) is 3.85. The first kappa shape index (κ1) is 20.7. The Labute approximate surface area is 187 Å². The molecule has 1 atom stereocenters. The second-order valence-electron chi connectivity index (χ2n) is 7.53. The van der Waals surface area contributed by atoms with Crippen LogP contribution in [0.1, 0.15) is 12.8 Å². The summed E-state index contributed by atoms with van der Waals surface area (Å²) in [6.07, 6.45) is 3.92. The first-order valence-electron chi connectivity index (χ1n) is 10.4. The van der Waals surface area contributed by atoms with E-state index in [2.05, 4.69) is 15.2 Å². The maximum atomic E-state index is 12.6. The van der Waals surface area contributed by atoms with E-state index in [1.807, 2.05) is 21.6 Å². The van der Waals surface area contributed by atoms with Crippen molar-refractivity contribution in [2.45, 2.75) is 30.6 Å². The highest BCUT2D eigenvalue weighted by atomic mass is 32.2. The van der Waals surface area contributed by atoms with Crippen LogP contribution in [0.25, 0.3) is 20.9 Å². The van der Waals surface area contributed by atoms with Crippen molar-refractivity contribution in [1.82, 2.24) is 24.6 Å². The molecule has 0 bridgehead atoms. The minimum absolute atomic E-state index is 0.0899. The monoisotopic (exact) mass is 460 g/mol. The van der Waals surface area contributed by atoms with Gasteiger partial charge in [0.25, 0.3) is 0 Å². The molecule has 31 heavy (non-hydrogen) atoms. The van der Waals surface area contributed by atoms with Crippen LogP contribution in [0.4, 0.5) is 5.69 Å². The maximum absolute atomic E-state index is 12.6. The molecule has 0 radical (unpaired) electrons. The number of hydrogen-bond donors (Lipinski definition) is 1. The van der Waals surface area contributed by atoms with Gasteiger partial charge in [-0.15, -0.1) is 21.5 Å². The van der Waals surface area contributed by atoms with Gasteiger partial charge >= 0.3 is 0 Å². The molecule has 5 rings (SSSR count). The molecular formula is C20H24N6O3S2. The minimum Gasteiger partial charge on any atom is -0.397 e. The third-order valence-electron chi connectivity index (χ3n) is 5.52. The Hall–Kier alpha value is -2.21. The van der Waals surface area contributed by atoms with E-state index in [0.29, 0.717) is 55.3 Å². The quantitative estimate of drug-likeness (QED) is 0.558. The first-order chi connectivity index (χ1) is 15.2. The van der Waals surface area contributed by atoms with Gasteiger partial charge in [0.2, 0.25) is 5.91 Å². The summed E-state index contributed by atoms with van der Waals surface area (Å²) in [5.41, 5.74) is 7.12. The molecule has 0 aliphatic carbocycles. The van der Waals surface area contributed by atoms with Gasteiger partial charge in [0.15, 0.2) is 11.0 Å². The summed E-state index contributed by atoms with van der Waals surface area (Å²) in [6.45, 7) is 3.87. The molecule has 5 heterocycles. The highest BCUT2D eigenvalue weighted by Gasteiger charge is 2.26. The number of thiophene rings is 1. The van der Waals surface area contributed by atoms with Gasteiger partial charge in [-0.2, -0.15) is 0 Å². The Balaban J connectivity index is 1.43. The number of fused-ring (bicyclic) bond motifs is 1. The zero-order chi connectivity index (χ0) is 21.2. The fourth-order valence-electron chi connectivity index (χ4n) is 3.87. The molecule has 9 nitrogen and oxygen atoms in total. The van der Waals surface area contributed by atoms with Crippen LogP contribution in [0.3, 0.4) is 0 Å². The number of nitrogen functional groups attached to an aromatic ring is 1. The van der Waals surface area contributed by atoms with Crippen LogP contribution in [0, 0.1) is 0 Å². The fourth-order valence-corrected chi connectivity index (χ4v) is 5.78. The predicted molar refractivity (Wildman–Crippen MR) is 120 cm³/mol. The molecule has 0 aromatic carbocycles. The first-order valence-corrected chi connectivity index (χ1v) is 12.2. The van der Waals surface area contributed by atoms with Gasteiger partial charge in [-0.3, -0.25) is 9.36 Å². The van der Waals surface area contributed by atoms with Gasteiger partial charge in [0.05, 0.1) is 42.2 Å². The Morgan fingerprint density at radius 1 is 1.29 bits per heavy atom. The average Bonchev–Trinajstić information content (AvgIpc) is 3.53. The second kappa shape index (κ2) is 9.11. The number of carbonyl (C=O) groups is 1. The van der Waals surface area contributed by atoms with Crippen LogP contribution in [-0.2, 0) is 20.8 Å². The lowest BCUT2D eigenvalue weighted by Crippen LogP contribution is -2.41. The zero-order valence-electron chi connectivity index (χ0n) is 17.0. The molecule has 0 spiro atoms. The molecule has 0 saturated carbocycles. The highest BCUT2D eigenvalue weighted by Crippen LogP contribution is 2.40. The number of pyridine rings is 1. The Kier molecular flexibility index (Phi) is 6.08. The number of morpholine rings is 1. The molecule has 1 amide bonds. The largest absolute Gasteiger partial charge is 0.397 e. The number of aromatic nitrogens is 4. The van der Waals surface area contributed by atoms with Crippen LogP contribution in [0.2, 0.25) is 0 Å². The van der Waals surface area contributed by atoms with Gasteiger partial charge in [-0.1, -0.05) is 11.8 Å². The number of rotatable bonds is 6. The van der Waals surface area contributed by atoms with Crippen molar-refractivity contribution < 1.29 is 14.3 Å². The van der Waals surface area contributed by atoms with Crippen molar-refractivity contribution >= 4 is 44.9 Å². The maximum Gasteiger partial charge on any atom is 0.233 e. The number of nitrogens with zero attached hydrogens (tertiary/aromatic N) is 5. The molecular weight excluding hydrogens is 436 g/mol. The summed E-state index contributed by atoms with van der Waals surface area (Å²) in [5.74, 6) is 1.11. The molecule has 3 aromatic rings. The Morgan fingerprint density at radius 2 is 2.16 bits per heavy atom. The summed E-state index contributed by atoms with van der Waals surface area (Å²) >= 11 is 2.92. The van der Waals surface area contributed by atoms with Crippen molar-refractivity contribution in [3.63, 3.8) is 0 Å². The van der Waals surface area contributed by atoms with E-state index >= 15 is 0 Å². The lowest BCUT2D eigenvalue weighted by atomic mass is 10.2. The van der Waals surface area contributed by atoms with Crippen molar-refractivity contribution in [3.8, 4) is 10.7 Å². The summed E-state index contributed by atoms with van der Waals surface area (Å²) in [4.78, 5) is 20.6. The smallest absolute Gasteiger partial charge is 0.233 e. The molecule has 2 N–H and O–H groups in total. The van der Waals surface area contributed by atoms with Gasteiger partial charge in [0, 0.05) is 31.3 Å². The van der Waals surface area contributed by atoms with Gasteiger partial charge in [-0.05, 0) is 25.0 Å². The van der Waals surface area contributed by atoms with Crippen molar-refractivity contribution in [2.24, 2.45) is 0 Å². The van der Waals surface area contributed by atoms with E-state index < -0.39 is 0 Å². The molecule has 2 fully saturated rings. The number of ether oxygens (including phenoxy) is 2. The molecule has 1 unspecified atom stereocenters. The van der Waals surface area contributed by atoms with Crippen LogP contribution < -0.4 is 5.73 Å². The number of carbonyl (C=O) groups excluding carboxylic acids is 1.